The summed E-state index contributed by atoms with van der Waals surface area (Å²) >= 11 is 1.49. The average Bonchev–Trinajstić information content (AvgIpc) is 2.72. The lowest BCUT2D eigenvalue weighted by atomic mass is 10.1. The van der Waals surface area contributed by atoms with Crippen LogP contribution < -0.4 is 4.74 Å². The van der Waals surface area contributed by atoms with E-state index in [2.05, 4.69) is 4.98 Å². The van der Waals surface area contributed by atoms with E-state index < -0.39 is 6.10 Å². The second-order valence-electron chi connectivity index (χ2n) is 4.03. The van der Waals surface area contributed by atoms with Crippen molar-refractivity contribution in [2.24, 2.45) is 0 Å². The number of aliphatic hydroxyl groups is 1. The third-order valence-electron chi connectivity index (χ3n) is 2.44. The number of rotatable bonds is 4. The Labute approximate surface area is 109 Å². The fraction of sp³-hybridized carbons (Fsp3) is 0.308. The van der Waals surface area contributed by atoms with Crippen molar-refractivity contribution in [3.63, 3.8) is 0 Å². The molecule has 1 N–H and O–H groups in total. The van der Waals surface area contributed by atoms with E-state index in [1.165, 1.54) is 29.5 Å². The van der Waals surface area contributed by atoms with Gasteiger partial charge in [0.15, 0.2) is 0 Å². The number of benzene rings is 1. The second-order valence-corrected chi connectivity index (χ2v) is 4.97. The van der Waals surface area contributed by atoms with Crippen molar-refractivity contribution in [3.8, 4) is 5.75 Å². The molecule has 0 saturated heterocycles. The number of hydrogen-bond donors (Lipinski definition) is 1. The lowest BCUT2D eigenvalue weighted by Gasteiger charge is -2.12. The molecule has 0 fully saturated rings. The lowest BCUT2D eigenvalue weighted by Crippen LogP contribution is -2.01. The number of aryl methyl sites for hydroxylation is 1. The van der Waals surface area contributed by atoms with Crippen molar-refractivity contribution >= 4 is 11.3 Å². The van der Waals surface area contributed by atoms with Crippen LogP contribution in [0.1, 0.15) is 29.3 Å². The highest BCUT2D eigenvalue weighted by molar-refractivity contribution is 7.09. The lowest BCUT2D eigenvalue weighted by molar-refractivity contribution is 0.189. The first-order valence-electron chi connectivity index (χ1n) is 5.57. The van der Waals surface area contributed by atoms with Crippen LogP contribution >= 0.6 is 11.3 Å². The normalized spacial score (nSPS) is 12.4. The van der Waals surface area contributed by atoms with Crippen molar-refractivity contribution in [3.05, 3.63) is 45.7 Å². The minimum atomic E-state index is -0.696. The van der Waals surface area contributed by atoms with Crippen LogP contribution in [0.4, 0.5) is 4.39 Å². The van der Waals surface area contributed by atoms with E-state index in [0.29, 0.717) is 11.3 Å². The van der Waals surface area contributed by atoms with Crippen molar-refractivity contribution < 1.29 is 14.2 Å². The Hall–Kier alpha value is -1.46. The van der Waals surface area contributed by atoms with E-state index in [-0.39, 0.29) is 12.4 Å². The number of hydrogen-bond acceptors (Lipinski definition) is 4. The van der Waals surface area contributed by atoms with Gasteiger partial charge in [-0.2, -0.15) is 0 Å². The third kappa shape index (κ3) is 3.05. The smallest absolute Gasteiger partial charge is 0.140 e. The van der Waals surface area contributed by atoms with Crippen LogP contribution in [0.25, 0.3) is 0 Å². The Morgan fingerprint density at radius 3 is 2.89 bits per heavy atom. The molecule has 0 saturated carbocycles. The maximum atomic E-state index is 13.2. The van der Waals surface area contributed by atoms with Gasteiger partial charge in [0, 0.05) is 22.7 Å². The van der Waals surface area contributed by atoms with E-state index in [9.17, 15) is 9.50 Å². The Kier molecular flexibility index (Phi) is 3.93. The molecule has 0 bridgehead atoms. The minimum absolute atomic E-state index is 0.279. The van der Waals surface area contributed by atoms with Crippen LogP contribution in [0.15, 0.2) is 23.6 Å². The zero-order valence-electron chi connectivity index (χ0n) is 10.2. The molecule has 5 heteroatoms. The molecule has 2 aromatic rings. The summed E-state index contributed by atoms with van der Waals surface area (Å²) in [7, 11) is 0. The zero-order valence-corrected chi connectivity index (χ0v) is 11.0. The molecule has 1 heterocycles. The van der Waals surface area contributed by atoms with Gasteiger partial charge in [-0.25, -0.2) is 9.37 Å². The first-order chi connectivity index (χ1) is 8.56. The fourth-order valence-electron chi connectivity index (χ4n) is 1.59. The Morgan fingerprint density at radius 2 is 2.28 bits per heavy atom. The summed E-state index contributed by atoms with van der Waals surface area (Å²) in [6, 6.07) is 4.12. The Morgan fingerprint density at radius 1 is 1.50 bits per heavy atom. The van der Waals surface area contributed by atoms with Gasteiger partial charge >= 0.3 is 0 Å². The SMILES string of the molecule is Cc1csc(COc2cc(F)ccc2[C@@H](C)O)n1. The molecule has 0 amide bonds. The molecular formula is C13H14FNO2S. The molecular weight excluding hydrogens is 253 g/mol. The van der Waals surface area contributed by atoms with Crippen LogP contribution in [0.5, 0.6) is 5.75 Å². The van der Waals surface area contributed by atoms with Crippen LogP contribution in [0.2, 0.25) is 0 Å². The summed E-state index contributed by atoms with van der Waals surface area (Å²) in [5, 5.41) is 12.3. The number of aromatic nitrogens is 1. The van der Waals surface area contributed by atoms with Crippen molar-refractivity contribution in [1.82, 2.24) is 4.98 Å². The van der Waals surface area contributed by atoms with Crippen molar-refractivity contribution in [2.75, 3.05) is 0 Å². The number of aliphatic hydroxyl groups excluding tert-OH is 1. The summed E-state index contributed by atoms with van der Waals surface area (Å²) in [4.78, 5) is 4.26. The van der Waals surface area contributed by atoms with Gasteiger partial charge < -0.3 is 9.84 Å². The summed E-state index contributed by atoms with van der Waals surface area (Å²) in [6.45, 7) is 3.80. The van der Waals surface area contributed by atoms with E-state index in [0.717, 1.165) is 10.7 Å². The number of ether oxygens (including phenoxy) is 1. The monoisotopic (exact) mass is 267 g/mol. The van der Waals surface area contributed by atoms with Crippen LogP contribution in [-0.4, -0.2) is 10.1 Å². The number of halogens is 1. The molecule has 96 valence electrons. The fourth-order valence-corrected chi connectivity index (χ4v) is 2.27. The topological polar surface area (TPSA) is 42.4 Å². The van der Waals surface area contributed by atoms with Gasteiger partial charge in [0.25, 0.3) is 0 Å². The molecule has 0 aliphatic carbocycles. The quantitative estimate of drug-likeness (QED) is 0.924. The minimum Gasteiger partial charge on any atom is -0.486 e. The van der Waals surface area contributed by atoms with Gasteiger partial charge in [0.2, 0.25) is 0 Å². The number of nitrogens with zero attached hydrogens (tertiary/aromatic N) is 1. The molecule has 0 unspecified atom stereocenters. The molecule has 1 aromatic carbocycles. The second kappa shape index (κ2) is 5.46. The zero-order chi connectivity index (χ0) is 13.1. The predicted molar refractivity (Wildman–Crippen MR) is 68.2 cm³/mol. The average molecular weight is 267 g/mol. The molecule has 0 spiro atoms. The maximum Gasteiger partial charge on any atom is 0.140 e. The molecule has 18 heavy (non-hydrogen) atoms. The van der Waals surface area contributed by atoms with Crippen LogP contribution in [0.3, 0.4) is 0 Å². The Balaban J connectivity index is 2.15. The van der Waals surface area contributed by atoms with Crippen LogP contribution in [-0.2, 0) is 6.61 Å². The third-order valence-corrected chi connectivity index (χ3v) is 3.38. The standard InChI is InChI=1S/C13H14FNO2S/c1-8-7-18-13(15-8)6-17-12-5-10(14)3-4-11(12)9(2)16/h3-5,7,9,16H,6H2,1-2H3/t9-/m1/s1. The highest BCUT2D eigenvalue weighted by Gasteiger charge is 2.11. The summed E-state index contributed by atoms with van der Waals surface area (Å²) in [5.74, 6) is -0.0254. The Bertz CT molecular complexity index is 540. The predicted octanol–water partition coefficient (Wildman–Crippen LogP) is 3.22. The molecule has 1 aromatic heterocycles. The molecule has 0 radical (unpaired) electrons. The highest BCUT2D eigenvalue weighted by atomic mass is 32.1. The van der Waals surface area contributed by atoms with E-state index in [1.807, 2.05) is 12.3 Å². The van der Waals surface area contributed by atoms with Gasteiger partial charge in [-0.15, -0.1) is 11.3 Å². The first kappa shape index (κ1) is 13.0. The summed E-state index contributed by atoms with van der Waals surface area (Å²) in [6.07, 6.45) is -0.696. The largest absolute Gasteiger partial charge is 0.486 e. The highest BCUT2D eigenvalue weighted by Crippen LogP contribution is 2.27. The first-order valence-corrected chi connectivity index (χ1v) is 6.45. The molecule has 1 atom stereocenters. The van der Waals surface area contributed by atoms with Crippen molar-refractivity contribution in [2.45, 2.75) is 26.6 Å². The van der Waals surface area contributed by atoms with Gasteiger partial charge in [-0.05, 0) is 26.0 Å². The molecule has 3 nitrogen and oxygen atoms in total. The number of thiazole rings is 1. The maximum absolute atomic E-state index is 13.2. The van der Waals surface area contributed by atoms with Gasteiger partial charge in [0.1, 0.15) is 23.2 Å². The van der Waals surface area contributed by atoms with Gasteiger partial charge in [0.05, 0.1) is 6.10 Å². The van der Waals surface area contributed by atoms with E-state index in [1.54, 1.807) is 6.92 Å². The van der Waals surface area contributed by atoms with Crippen LogP contribution in [0, 0.1) is 12.7 Å². The molecule has 0 aliphatic rings. The van der Waals surface area contributed by atoms with E-state index >= 15 is 0 Å². The van der Waals surface area contributed by atoms with E-state index in [4.69, 9.17) is 4.74 Å². The molecule has 2 rings (SSSR count). The van der Waals surface area contributed by atoms with Gasteiger partial charge in [-0.1, -0.05) is 0 Å². The van der Waals surface area contributed by atoms with Gasteiger partial charge in [-0.3, -0.25) is 0 Å². The summed E-state index contributed by atoms with van der Waals surface area (Å²) < 4.78 is 18.7. The van der Waals surface area contributed by atoms with Crippen molar-refractivity contribution in [1.29, 1.82) is 0 Å². The summed E-state index contributed by atoms with van der Waals surface area (Å²) in [5.41, 5.74) is 1.51. The molecule has 0 aliphatic heterocycles.